The first-order chi connectivity index (χ1) is 13.1. The van der Waals surface area contributed by atoms with E-state index in [0.29, 0.717) is 13.2 Å². The van der Waals surface area contributed by atoms with Crippen LogP contribution in [0.2, 0.25) is 0 Å². The van der Waals surface area contributed by atoms with Gasteiger partial charge in [0, 0.05) is 12.1 Å². The van der Waals surface area contributed by atoms with Gasteiger partial charge in [-0.1, -0.05) is 6.07 Å². The Morgan fingerprint density at radius 3 is 2.74 bits per heavy atom. The molecule has 0 aromatic heterocycles. The van der Waals surface area contributed by atoms with Gasteiger partial charge in [0.15, 0.2) is 11.5 Å². The molecule has 2 aliphatic heterocycles. The van der Waals surface area contributed by atoms with E-state index in [1.807, 2.05) is 18.2 Å². The van der Waals surface area contributed by atoms with Crippen LogP contribution >= 0.6 is 0 Å². The highest BCUT2D eigenvalue weighted by Crippen LogP contribution is 2.37. The lowest BCUT2D eigenvalue weighted by molar-refractivity contribution is -0.117. The first-order valence-corrected chi connectivity index (χ1v) is 8.98. The lowest BCUT2D eigenvalue weighted by Crippen LogP contribution is -2.33. The van der Waals surface area contributed by atoms with Gasteiger partial charge in [0.05, 0.1) is 12.2 Å². The van der Waals surface area contributed by atoms with Gasteiger partial charge in [0.2, 0.25) is 5.91 Å². The second-order valence-electron chi connectivity index (χ2n) is 6.70. The Balaban J connectivity index is 1.44. The lowest BCUT2D eigenvalue weighted by atomic mass is 10.0. The van der Waals surface area contributed by atoms with E-state index in [1.54, 1.807) is 0 Å². The predicted octanol–water partition coefficient (Wildman–Crippen LogP) is 3.51. The third-order valence-corrected chi connectivity index (χ3v) is 4.87. The molecule has 0 aliphatic carbocycles. The van der Waals surface area contributed by atoms with Crippen molar-refractivity contribution >= 4 is 11.6 Å². The van der Waals surface area contributed by atoms with Crippen LogP contribution in [0.1, 0.15) is 24.4 Å². The summed E-state index contributed by atoms with van der Waals surface area (Å²) in [5.41, 5.74) is 1.05. The zero-order valence-corrected chi connectivity index (χ0v) is 14.7. The molecule has 2 aliphatic rings. The molecule has 0 spiro atoms. The van der Waals surface area contributed by atoms with Crippen LogP contribution in [0, 0.1) is 11.6 Å². The van der Waals surface area contributed by atoms with E-state index in [0.717, 1.165) is 48.6 Å². The number of fused-ring (bicyclic) bond motifs is 1. The van der Waals surface area contributed by atoms with Crippen LogP contribution in [0.25, 0.3) is 0 Å². The number of carbonyl (C=O) groups is 1. The smallest absolute Gasteiger partial charge is 0.238 e. The summed E-state index contributed by atoms with van der Waals surface area (Å²) < 4.78 is 37.9. The van der Waals surface area contributed by atoms with E-state index >= 15 is 0 Å². The molecule has 1 N–H and O–H groups in total. The number of hydrogen-bond acceptors (Lipinski definition) is 4. The van der Waals surface area contributed by atoms with E-state index in [2.05, 4.69) is 10.2 Å². The van der Waals surface area contributed by atoms with Crippen molar-refractivity contribution in [1.29, 1.82) is 0 Å². The van der Waals surface area contributed by atoms with Crippen LogP contribution in [0.4, 0.5) is 14.5 Å². The van der Waals surface area contributed by atoms with Crippen molar-refractivity contribution < 1.29 is 23.0 Å². The number of carbonyl (C=O) groups excluding carboxylic acids is 1. The molecule has 0 saturated carbocycles. The Labute approximate surface area is 155 Å². The summed E-state index contributed by atoms with van der Waals surface area (Å²) in [6.45, 7) is 1.98. The van der Waals surface area contributed by atoms with E-state index in [-0.39, 0.29) is 24.2 Å². The van der Waals surface area contributed by atoms with Gasteiger partial charge in [-0.15, -0.1) is 0 Å². The van der Waals surface area contributed by atoms with Gasteiger partial charge in [0.25, 0.3) is 0 Å². The number of anilines is 1. The largest absolute Gasteiger partial charge is 0.486 e. The normalized spacial score (nSPS) is 19.1. The molecule has 2 heterocycles. The van der Waals surface area contributed by atoms with Gasteiger partial charge in [0.1, 0.15) is 24.8 Å². The summed E-state index contributed by atoms with van der Waals surface area (Å²) in [7, 11) is 0. The minimum atomic E-state index is -0.784. The van der Waals surface area contributed by atoms with Gasteiger partial charge >= 0.3 is 0 Å². The van der Waals surface area contributed by atoms with Gasteiger partial charge < -0.3 is 14.8 Å². The molecule has 27 heavy (non-hydrogen) atoms. The molecule has 0 radical (unpaired) electrons. The van der Waals surface area contributed by atoms with Crippen molar-refractivity contribution in [2.75, 3.05) is 31.6 Å². The van der Waals surface area contributed by atoms with Crippen LogP contribution in [0.5, 0.6) is 11.5 Å². The second-order valence-corrected chi connectivity index (χ2v) is 6.70. The van der Waals surface area contributed by atoms with Crippen molar-refractivity contribution in [3.63, 3.8) is 0 Å². The van der Waals surface area contributed by atoms with Crippen LogP contribution in [-0.2, 0) is 4.79 Å². The Morgan fingerprint density at radius 2 is 1.93 bits per heavy atom. The zero-order chi connectivity index (χ0) is 18.8. The van der Waals surface area contributed by atoms with Crippen molar-refractivity contribution in [3.05, 3.63) is 53.6 Å². The Bertz CT molecular complexity index is 859. The molecule has 0 bridgehead atoms. The van der Waals surface area contributed by atoms with Gasteiger partial charge in [-0.05, 0) is 49.2 Å². The third kappa shape index (κ3) is 3.88. The van der Waals surface area contributed by atoms with Crippen molar-refractivity contribution in [1.82, 2.24) is 4.90 Å². The number of ether oxygens (including phenoxy) is 2. The van der Waals surface area contributed by atoms with E-state index in [9.17, 15) is 13.6 Å². The molecule has 7 heteroatoms. The van der Waals surface area contributed by atoms with Gasteiger partial charge in [-0.25, -0.2) is 8.78 Å². The van der Waals surface area contributed by atoms with Crippen LogP contribution in [0.15, 0.2) is 36.4 Å². The van der Waals surface area contributed by atoms with Crippen molar-refractivity contribution in [2.45, 2.75) is 18.9 Å². The highest BCUT2D eigenvalue weighted by molar-refractivity contribution is 5.92. The standard InChI is InChI=1S/C20H20F2N2O3/c21-14-4-5-16(15(22)11-14)23-20(25)12-24-7-1-2-17(24)13-3-6-18-19(10-13)27-9-8-26-18/h3-6,10-11,17H,1-2,7-9,12H2,(H,23,25)/t17-/m0/s1. The summed E-state index contributed by atoms with van der Waals surface area (Å²) in [4.78, 5) is 14.4. The number of nitrogens with zero attached hydrogens (tertiary/aromatic N) is 1. The minimum Gasteiger partial charge on any atom is -0.486 e. The van der Waals surface area contributed by atoms with Crippen molar-refractivity contribution in [3.8, 4) is 11.5 Å². The molecule has 1 atom stereocenters. The zero-order valence-electron chi connectivity index (χ0n) is 14.7. The molecule has 0 unspecified atom stereocenters. The van der Waals surface area contributed by atoms with Crippen LogP contribution in [0.3, 0.4) is 0 Å². The summed E-state index contributed by atoms with van der Waals surface area (Å²) in [5.74, 6) is -0.329. The fourth-order valence-electron chi connectivity index (χ4n) is 3.63. The monoisotopic (exact) mass is 374 g/mol. The number of likely N-dealkylation sites (tertiary alicyclic amines) is 1. The number of amides is 1. The Hall–Kier alpha value is -2.67. The third-order valence-electron chi connectivity index (χ3n) is 4.87. The molecule has 142 valence electrons. The van der Waals surface area contributed by atoms with Gasteiger partial charge in [-0.2, -0.15) is 0 Å². The maximum Gasteiger partial charge on any atom is 0.238 e. The Kier molecular flexibility index (Phi) is 4.94. The summed E-state index contributed by atoms with van der Waals surface area (Å²) in [6, 6.07) is 9.04. The van der Waals surface area contributed by atoms with E-state index in [4.69, 9.17) is 9.47 Å². The molecule has 1 saturated heterocycles. The average Bonchev–Trinajstić information content (AvgIpc) is 3.11. The number of hydrogen-bond donors (Lipinski definition) is 1. The maximum absolute atomic E-state index is 13.7. The average molecular weight is 374 g/mol. The quantitative estimate of drug-likeness (QED) is 0.890. The molecule has 1 amide bonds. The SMILES string of the molecule is O=C(CN1CCC[C@H]1c1ccc2c(c1)OCCO2)Nc1ccc(F)cc1F. The molecular weight excluding hydrogens is 354 g/mol. The molecule has 4 rings (SSSR count). The lowest BCUT2D eigenvalue weighted by Gasteiger charge is -2.26. The molecule has 5 nitrogen and oxygen atoms in total. The first-order valence-electron chi connectivity index (χ1n) is 8.98. The maximum atomic E-state index is 13.7. The highest BCUT2D eigenvalue weighted by Gasteiger charge is 2.29. The van der Waals surface area contributed by atoms with Crippen LogP contribution < -0.4 is 14.8 Å². The highest BCUT2D eigenvalue weighted by atomic mass is 19.1. The Morgan fingerprint density at radius 1 is 1.11 bits per heavy atom. The fourth-order valence-corrected chi connectivity index (χ4v) is 3.63. The topological polar surface area (TPSA) is 50.8 Å². The summed E-state index contributed by atoms with van der Waals surface area (Å²) in [6.07, 6.45) is 1.90. The predicted molar refractivity (Wildman–Crippen MR) is 96.0 cm³/mol. The number of nitrogens with one attached hydrogen (secondary N) is 1. The van der Waals surface area contributed by atoms with Crippen LogP contribution in [-0.4, -0.2) is 37.1 Å². The molecule has 2 aromatic carbocycles. The number of rotatable bonds is 4. The fraction of sp³-hybridized carbons (Fsp3) is 0.350. The first kappa shape index (κ1) is 17.7. The molecule has 2 aromatic rings. The number of halogens is 2. The van der Waals surface area contributed by atoms with Crippen molar-refractivity contribution in [2.24, 2.45) is 0 Å². The van der Waals surface area contributed by atoms with E-state index in [1.165, 1.54) is 6.07 Å². The summed E-state index contributed by atoms with van der Waals surface area (Å²) >= 11 is 0. The van der Waals surface area contributed by atoms with Gasteiger partial charge in [-0.3, -0.25) is 9.69 Å². The summed E-state index contributed by atoms with van der Waals surface area (Å²) in [5, 5.41) is 2.52. The second kappa shape index (κ2) is 7.52. The minimum absolute atomic E-state index is 0.0172. The van der Waals surface area contributed by atoms with E-state index < -0.39 is 11.6 Å². The molecule has 1 fully saturated rings. The molecular formula is C20H20F2N2O3. The number of benzene rings is 2.